The van der Waals surface area contributed by atoms with Gasteiger partial charge in [-0.1, -0.05) is 19.9 Å². The first-order chi connectivity index (χ1) is 9.71. The molecule has 1 saturated heterocycles. The van der Waals surface area contributed by atoms with E-state index in [1.807, 2.05) is 6.07 Å². The molecule has 0 spiro atoms. The van der Waals surface area contributed by atoms with Gasteiger partial charge in [-0.2, -0.15) is 0 Å². The molecule has 1 heterocycles. The molecular formula is C16H24BrNO2. The van der Waals surface area contributed by atoms with Crippen LogP contribution in [0.5, 0.6) is 5.75 Å². The zero-order chi connectivity index (χ0) is 14.5. The minimum Gasteiger partial charge on any atom is -0.496 e. The number of rotatable bonds is 6. The molecule has 0 radical (unpaired) electrons. The van der Waals surface area contributed by atoms with Crippen LogP contribution in [0.2, 0.25) is 0 Å². The largest absolute Gasteiger partial charge is 0.496 e. The molecule has 3 unspecified atom stereocenters. The maximum atomic E-state index is 5.86. The van der Waals surface area contributed by atoms with E-state index in [2.05, 4.69) is 47.2 Å². The summed E-state index contributed by atoms with van der Waals surface area (Å²) >= 11 is 3.58. The molecule has 0 aromatic heterocycles. The Morgan fingerprint density at radius 1 is 1.45 bits per heavy atom. The third-order valence-corrected chi connectivity index (χ3v) is 4.67. The predicted molar refractivity (Wildman–Crippen MR) is 85.2 cm³/mol. The number of methoxy groups -OCH3 is 1. The molecule has 1 fully saturated rings. The second-order valence-electron chi connectivity index (χ2n) is 5.20. The van der Waals surface area contributed by atoms with Crippen molar-refractivity contribution in [3.8, 4) is 5.75 Å². The lowest BCUT2D eigenvalue weighted by Crippen LogP contribution is -2.32. The highest BCUT2D eigenvalue weighted by Gasteiger charge is 2.34. The Labute approximate surface area is 130 Å². The van der Waals surface area contributed by atoms with Crippen LogP contribution in [0.4, 0.5) is 0 Å². The molecule has 3 nitrogen and oxygen atoms in total. The van der Waals surface area contributed by atoms with Gasteiger partial charge in [0.25, 0.3) is 0 Å². The highest BCUT2D eigenvalue weighted by atomic mass is 79.9. The second kappa shape index (κ2) is 7.43. The van der Waals surface area contributed by atoms with Gasteiger partial charge in [0.15, 0.2) is 0 Å². The van der Waals surface area contributed by atoms with Crippen LogP contribution in [0.15, 0.2) is 22.7 Å². The molecule has 1 aromatic carbocycles. The summed E-state index contributed by atoms with van der Waals surface area (Å²) in [5.74, 6) is 1.42. The average molecular weight is 342 g/mol. The minimum absolute atomic E-state index is 0.342. The van der Waals surface area contributed by atoms with E-state index in [4.69, 9.17) is 9.47 Å². The first kappa shape index (κ1) is 15.8. The fourth-order valence-corrected chi connectivity index (χ4v) is 3.64. The molecule has 1 aliphatic rings. The molecule has 0 aliphatic carbocycles. The minimum atomic E-state index is 0.342. The van der Waals surface area contributed by atoms with Crippen molar-refractivity contribution in [1.82, 2.24) is 5.32 Å². The molecule has 1 N–H and O–H groups in total. The lowest BCUT2D eigenvalue weighted by molar-refractivity contribution is 0.0776. The number of nitrogens with one attached hydrogen (secondary N) is 1. The van der Waals surface area contributed by atoms with E-state index in [0.29, 0.717) is 18.1 Å². The van der Waals surface area contributed by atoms with Crippen LogP contribution in [0, 0.1) is 5.92 Å². The summed E-state index contributed by atoms with van der Waals surface area (Å²) in [6, 6.07) is 6.69. The quantitative estimate of drug-likeness (QED) is 0.850. The number of hydrogen-bond acceptors (Lipinski definition) is 3. The Morgan fingerprint density at radius 3 is 2.85 bits per heavy atom. The van der Waals surface area contributed by atoms with Gasteiger partial charge in [-0.15, -0.1) is 0 Å². The first-order valence-corrected chi connectivity index (χ1v) is 8.19. The molecule has 2 rings (SSSR count). The molecule has 1 aromatic rings. The van der Waals surface area contributed by atoms with Crippen LogP contribution in [-0.2, 0) is 4.74 Å². The highest BCUT2D eigenvalue weighted by Crippen LogP contribution is 2.37. The first-order valence-electron chi connectivity index (χ1n) is 7.39. The summed E-state index contributed by atoms with van der Waals surface area (Å²) in [7, 11) is 1.69. The van der Waals surface area contributed by atoms with Crippen molar-refractivity contribution < 1.29 is 9.47 Å². The molecular weight excluding hydrogens is 318 g/mol. The lowest BCUT2D eigenvalue weighted by Gasteiger charge is -2.28. The zero-order valence-corrected chi connectivity index (χ0v) is 14.1. The maximum absolute atomic E-state index is 5.86. The summed E-state index contributed by atoms with van der Waals surface area (Å²) < 4.78 is 12.2. The third-order valence-electron chi connectivity index (χ3n) is 4.05. The topological polar surface area (TPSA) is 30.5 Å². The van der Waals surface area contributed by atoms with Gasteiger partial charge in [0, 0.05) is 18.6 Å². The van der Waals surface area contributed by atoms with Gasteiger partial charge in [-0.05, 0) is 53.0 Å². The highest BCUT2D eigenvalue weighted by molar-refractivity contribution is 9.10. The molecule has 4 heteroatoms. The van der Waals surface area contributed by atoms with Gasteiger partial charge in [0.1, 0.15) is 5.75 Å². The fourth-order valence-electron chi connectivity index (χ4n) is 3.08. The smallest absolute Gasteiger partial charge is 0.133 e. The van der Waals surface area contributed by atoms with Crippen molar-refractivity contribution in [3.05, 3.63) is 28.2 Å². The maximum Gasteiger partial charge on any atom is 0.133 e. The van der Waals surface area contributed by atoms with E-state index in [9.17, 15) is 0 Å². The summed E-state index contributed by atoms with van der Waals surface area (Å²) in [4.78, 5) is 0. The number of ether oxygens (including phenoxy) is 2. The molecule has 0 saturated carbocycles. The number of benzene rings is 1. The Bertz CT molecular complexity index is 438. The molecule has 0 amide bonds. The van der Waals surface area contributed by atoms with E-state index in [1.54, 1.807) is 7.11 Å². The summed E-state index contributed by atoms with van der Waals surface area (Å²) in [5, 5.41) is 3.63. The lowest BCUT2D eigenvalue weighted by atomic mass is 9.86. The van der Waals surface area contributed by atoms with Crippen molar-refractivity contribution in [2.45, 2.75) is 38.8 Å². The van der Waals surface area contributed by atoms with Gasteiger partial charge >= 0.3 is 0 Å². The van der Waals surface area contributed by atoms with Gasteiger partial charge < -0.3 is 14.8 Å². The van der Waals surface area contributed by atoms with Crippen LogP contribution < -0.4 is 10.1 Å². The summed E-state index contributed by atoms with van der Waals surface area (Å²) in [5.41, 5.74) is 1.30. The van der Waals surface area contributed by atoms with Crippen molar-refractivity contribution in [2.24, 2.45) is 5.92 Å². The third kappa shape index (κ3) is 3.35. The number of hydrogen-bond donors (Lipinski definition) is 1. The summed E-state index contributed by atoms with van der Waals surface area (Å²) in [6.45, 7) is 6.20. The van der Waals surface area contributed by atoms with Gasteiger partial charge in [-0.3, -0.25) is 0 Å². The molecule has 3 atom stereocenters. The monoisotopic (exact) mass is 341 g/mol. The average Bonchev–Trinajstić information content (AvgIpc) is 2.92. The van der Waals surface area contributed by atoms with E-state index >= 15 is 0 Å². The Kier molecular flexibility index (Phi) is 5.87. The second-order valence-corrected chi connectivity index (χ2v) is 6.05. The Morgan fingerprint density at radius 2 is 2.25 bits per heavy atom. The Hall–Kier alpha value is -0.580. The van der Waals surface area contributed by atoms with E-state index in [1.165, 1.54) is 5.56 Å². The fraction of sp³-hybridized carbons (Fsp3) is 0.625. The van der Waals surface area contributed by atoms with Crippen molar-refractivity contribution in [2.75, 3.05) is 20.3 Å². The van der Waals surface area contributed by atoms with E-state index in [-0.39, 0.29) is 0 Å². The van der Waals surface area contributed by atoms with Crippen LogP contribution in [0.3, 0.4) is 0 Å². The zero-order valence-electron chi connectivity index (χ0n) is 12.5. The van der Waals surface area contributed by atoms with E-state index < -0.39 is 0 Å². The van der Waals surface area contributed by atoms with Crippen LogP contribution in [0.1, 0.15) is 38.3 Å². The molecule has 20 heavy (non-hydrogen) atoms. The standard InChI is InChI=1S/C16H24BrNO2/c1-4-14-12(8-9-20-14)16(18-5-2)11-6-7-15(19-3)13(17)10-11/h6-7,10,12,14,16,18H,4-5,8-9H2,1-3H3. The van der Waals surface area contributed by atoms with Crippen LogP contribution in [-0.4, -0.2) is 26.4 Å². The van der Waals surface area contributed by atoms with Crippen molar-refractivity contribution in [1.29, 1.82) is 0 Å². The van der Waals surface area contributed by atoms with Gasteiger partial charge in [0.2, 0.25) is 0 Å². The van der Waals surface area contributed by atoms with Gasteiger partial charge in [0.05, 0.1) is 17.7 Å². The van der Waals surface area contributed by atoms with E-state index in [0.717, 1.165) is 36.2 Å². The van der Waals surface area contributed by atoms with Crippen LogP contribution in [0.25, 0.3) is 0 Å². The normalized spacial score (nSPS) is 23.8. The summed E-state index contributed by atoms with van der Waals surface area (Å²) in [6.07, 6.45) is 2.56. The molecule has 1 aliphatic heterocycles. The number of halogens is 1. The molecule has 0 bridgehead atoms. The molecule has 112 valence electrons. The van der Waals surface area contributed by atoms with Gasteiger partial charge in [-0.25, -0.2) is 0 Å². The Balaban J connectivity index is 2.25. The van der Waals surface area contributed by atoms with Crippen molar-refractivity contribution >= 4 is 15.9 Å². The predicted octanol–water partition coefficient (Wildman–Crippen LogP) is 3.92. The van der Waals surface area contributed by atoms with Crippen LogP contribution >= 0.6 is 15.9 Å². The van der Waals surface area contributed by atoms with Crippen molar-refractivity contribution in [3.63, 3.8) is 0 Å². The SMILES string of the molecule is CCNC(c1ccc(OC)c(Br)c1)C1CCOC1CC.